The van der Waals surface area contributed by atoms with Gasteiger partial charge >= 0.3 is 0 Å². The van der Waals surface area contributed by atoms with E-state index in [1.54, 1.807) is 0 Å². The number of hydrogen-bond donors (Lipinski definition) is 2. The van der Waals surface area contributed by atoms with Crippen LogP contribution in [0.5, 0.6) is 0 Å². The van der Waals surface area contributed by atoms with E-state index in [4.69, 9.17) is 19.7 Å². The van der Waals surface area contributed by atoms with Gasteiger partial charge in [-0.2, -0.15) is 4.98 Å². The van der Waals surface area contributed by atoms with Crippen LogP contribution in [0.4, 0.5) is 5.95 Å². The summed E-state index contributed by atoms with van der Waals surface area (Å²) in [7, 11) is 0. The second-order valence-corrected chi connectivity index (χ2v) is 8.02. The Morgan fingerprint density at radius 2 is 1.90 bits per heavy atom. The Labute approximate surface area is 174 Å². The second-order valence-electron chi connectivity index (χ2n) is 8.02. The number of rotatable bonds is 3. The molecular weight excluding hydrogens is 378 g/mol. The summed E-state index contributed by atoms with van der Waals surface area (Å²) in [5.74, 6) is 0.768. The number of imidazole rings is 1. The van der Waals surface area contributed by atoms with Gasteiger partial charge in [-0.1, -0.05) is 12.1 Å². The van der Waals surface area contributed by atoms with Gasteiger partial charge in [-0.25, -0.2) is 9.97 Å². The number of benzene rings is 1. The second kappa shape index (κ2) is 7.37. The number of nitrogens with zero attached hydrogens (tertiary/aromatic N) is 5. The topological polar surface area (TPSA) is 83.9 Å². The van der Waals surface area contributed by atoms with Crippen LogP contribution < -0.4 is 10.2 Å². The van der Waals surface area contributed by atoms with Crippen LogP contribution in [0.2, 0.25) is 0 Å². The zero-order valence-electron chi connectivity index (χ0n) is 16.8. The molecule has 5 heterocycles. The van der Waals surface area contributed by atoms with Gasteiger partial charge < -0.3 is 24.5 Å². The Bertz CT molecular complexity index is 1180. The molecular formula is C22H25N7O. The predicted octanol–water partition coefficient (Wildman–Crippen LogP) is 2.74. The lowest BCUT2D eigenvalue weighted by molar-refractivity contribution is 0.122. The summed E-state index contributed by atoms with van der Waals surface area (Å²) in [6, 6.07) is 8.81. The lowest BCUT2D eigenvalue weighted by Crippen LogP contribution is -2.37. The molecule has 2 aliphatic heterocycles. The van der Waals surface area contributed by atoms with Crippen molar-refractivity contribution in [2.24, 2.45) is 0 Å². The Kier molecular flexibility index (Phi) is 4.39. The molecule has 0 saturated carbocycles. The number of morpholine rings is 1. The number of nitrogens with one attached hydrogen (secondary N) is 2. The number of ether oxygens (including phenoxy) is 1. The van der Waals surface area contributed by atoms with Crippen LogP contribution in [0.25, 0.3) is 33.3 Å². The highest BCUT2D eigenvalue weighted by Gasteiger charge is 2.24. The number of fused-ring (bicyclic) bond motifs is 2. The molecule has 0 spiro atoms. The minimum absolute atomic E-state index is 0.416. The predicted molar refractivity (Wildman–Crippen MR) is 117 cm³/mol. The molecule has 0 atom stereocenters. The van der Waals surface area contributed by atoms with Crippen molar-refractivity contribution in [1.29, 1.82) is 0 Å². The molecule has 0 radical (unpaired) electrons. The maximum absolute atomic E-state index is 5.55. The number of hydrogen-bond acceptors (Lipinski definition) is 6. The first kappa shape index (κ1) is 17.9. The van der Waals surface area contributed by atoms with Crippen molar-refractivity contribution in [3.8, 4) is 11.3 Å². The molecule has 2 aliphatic rings. The third kappa shape index (κ3) is 2.95. The molecule has 0 unspecified atom stereocenters. The van der Waals surface area contributed by atoms with Crippen LogP contribution in [-0.2, 0) is 4.74 Å². The van der Waals surface area contributed by atoms with Crippen molar-refractivity contribution in [3.63, 3.8) is 0 Å². The normalized spacial score (nSPS) is 18.5. The first-order valence-electron chi connectivity index (χ1n) is 10.7. The van der Waals surface area contributed by atoms with Gasteiger partial charge in [0.05, 0.1) is 19.5 Å². The minimum Gasteiger partial charge on any atom is -0.378 e. The molecule has 8 heteroatoms. The highest BCUT2D eigenvalue weighted by atomic mass is 16.5. The molecule has 30 heavy (non-hydrogen) atoms. The monoisotopic (exact) mass is 403 g/mol. The molecule has 2 saturated heterocycles. The number of anilines is 1. The Balaban J connectivity index is 1.57. The van der Waals surface area contributed by atoms with Crippen LogP contribution in [0, 0.1) is 0 Å². The molecule has 2 fully saturated rings. The van der Waals surface area contributed by atoms with E-state index in [1.165, 1.54) is 0 Å². The van der Waals surface area contributed by atoms with Gasteiger partial charge in [-0.3, -0.25) is 0 Å². The largest absolute Gasteiger partial charge is 0.378 e. The Hall–Kier alpha value is -2.97. The number of aromatic nitrogens is 5. The maximum atomic E-state index is 5.55. The molecule has 4 aromatic rings. The van der Waals surface area contributed by atoms with Crippen LogP contribution in [0.15, 0.2) is 36.8 Å². The van der Waals surface area contributed by atoms with E-state index in [1.807, 2.05) is 12.5 Å². The maximum Gasteiger partial charge on any atom is 0.228 e. The number of H-pyrrole nitrogens is 1. The first-order chi connectivity index (χ1) is 14.9. The average Bonchev–Trinajstić information content (AvgIpc) is 3.46. The molecule has 0 bridgehead atoms. The zero-order valence-corrected chi connectivity index (χ0v) is 16.8. The smallest absolute Gasteiger partial charge is 0.228 e. The summed E-state index contributed by atoms with van der Waals surface area (Å²) < 4.78 is 7.82. The van der Waals surface area contributed by atoms with Gasteiger partial charge in [0.2, 0.25) is 5.95 Å². The fraction of sp³-hybridized carbons (Fsp3) is 0.409. The number of aromatic amines is 1. The van der Waals surface area contributed by atoms with Crippen molar-refractivity contribution in [1.82, 2.24) is 29.8 Å². The van der Waals surface area contributed by atoms with E-state index >= 15 is 0 Å². The van der Waals surface area contributed by atoms with Gasteiger partial charge in [0, 0.05) is 41.8 Å². The van der Waals surface area contributed by atoms with Crippen LogP contribution in [0.3, 0.4) is 0 Å². The summed E-state index contributed by atoms with van der Waals surface area (Å²) in [6.07, 6.45) is 6.11. The lowest BCUT2D eigenvalue weighted by Gasteiger charge is -2.28. The van der Waals surface area contributed by atoms with Gasteiger partial charge in [-0.15, -0.1) is 0 Å². The standard InChI is InChI=1S/C22H25N7O/c1-2-17(16-6-9-24-18(16)3-1)19-20-21(27-22(26-19)28-10-12-30-13-11-28)29(14-25-20)15-4-7-23-8-5-15/h1-3,6,9,14-15,23-24H,4-5,7-8,10-13H2. The number of piperidine rings is 1. The third-order valence-electron chi connectivity index (χ3n) is 6.26. The average molecular weight is 403 g/mol. The van der Waals surface area contributed by atoms with Gasteiger partial charge in [0.1, 0.15) is 11.2 Å². The van der Waals surface area contributed by atoms with E-state index in [-0.39, 0.29) is 0 Å². The van der Waals surface area contributed by atoms with Crippen molar-refractivity contribution < 1.29 is 4.74 Å². The molecule has 8 nitrogen and oxygen atoms in total. The van der Waals surface area contributed by atoms with Gasteiger partial charge in [-0.05, 0) is 38.1 Å². The van der Waals surface area contributed by atoms with E-state index in [0.717, 1.165) is 78.3 Å². The minimum atomic E-state index is 0.416. The van der Waals surface area contributed by atoms with E-state index < -0.39 is 0 Å². The molecule has 1 aromatic carbocycles. The Morgan fingerprint density at radius 3 is 2.77 bits per heavy atom. The summed E-state index contributed by atoms with van der Waals surface area (Å²) in [5, 5.41) is 4.60. The molecule has 2 N–H and O–H groups in total. The van der Waals surface area contributed by atoms with Gasteiger partial charge in [0.25, 0.3) is 0 Å². The summed E-state index contributed by atoms with van der Waals surface area (Å²) >= 11 is 0. The van der Waals surface area contributed by atoms with E-state index in [0.29, 0.717) is 19.3 Å². The molecule has 0 aliphatic carbocycles. The first-order valence-corrected chi connectivity index (χ1v) is 10.7. The lowest BCUT2D eigenvalue weighted by atomic mass is 10.1. The fourth-order valence-electron chi connectivity index (χ4n) is 4.64. The molecule has 0 amide bonds. The Morgan fingerprint density at radius 1 is 1.03 bits per heavy atom. The van der Waals surface area contributed by atoms with Crippen molar-refractivity contribution in [2.45, 2.75) is 18.9 Å². The molecule has 3 aromatic heterocycles. The van der Waals surface area contributed by atoms with Crippen molar-refractivity contribution >= 4 is 28.0 Å². The van der Waals surface area contributed by atoms with Crippen molar-refractivity contribution in [2.75, 3.05) is 44.3 Å². The highest BCUT2D eigenvalue weighted by molar-refractivity contribution is 6.00. The molecule has 6 rings (SSSR count). The summed E-state index contributed by atoms with van der Waals surface area (Å²) in [5.41, 5.74) is 4.90. The SMILES string of the molecule is c1cc(-c2nc(N3CCOCC3)nc3c2ncn3C2CCNCC2)c2cc[nH]c2c1. The highest BCUT2D eigenvalue weighted by Crippen LogP contribution is 2.34. The van der Waals surface area contributed by atoms with E-state index in [9.17, 15) is 0 Å². The quantitative estimate of drug-likeness (QED) is 0.547. The van der Waals surface area contributed by atoms with Gasteiger partial charge in [0.15, 0.2) is 5.65 Å². The fourth-order valence-corrected chi connectivity index (χ4v) is 4.64. The van der Waals surface area contributed by atoms with Crippen molar-refractivity contribution in [3.05, 3.63) is 36.8 Å². The zero-order chi connectivity index (χ0) is 19.9. The third-order valence-corrected chi connectivity index (χ3v) is 6.26. The van der Waals surface area contributed by atoms with Crippen LogP contribution in [0.1, 0.15) is 18.9 Å². The van der Waals surface area contributed by atoms with E-state index in [2.05, 4.69) is 44.0 Å². The van der Waals surface area contributed by atoms with Crippen LogP contribution in [-0.4, -0.2) is 63.9 Å². The molecule has 154 valence electrons. The summed E-state index contributed by atoms with van der Waals surface area (Å²) in [6.45, 7) is 5.08. The van der Waals surface area contributed by atoms with Crippen LogP contribution >= 0.6 is 0 Å². The summed E-state index contributed by atoms with van der Waals surface area (Å²) in [4.78, 5) is 20.4.